The maximum absolute atomic E-state index is 4.67. The molecule has 6 nitrogen and oxygen atoms in total. The zero-order valence-corrected chi connectivity index (χ0v) is 22.3. The number of anilines is 1. The molecule has 0 radical (unpaired) electrons. The average Bonchev–Trinajstić information content (AvgIpc) is 3.50. The van der Waals surface area contributed by atoms with E-state index in [1.54, 1.807) is 12.3 Å². The summed E-state index contributed by atoms with van der Waals surface area (Å²) in [6.45, 7) is 16.6. The molecule has 190 valence electrons. The van der Waals surface area contributed by atoms with Crippen molar-refractivity contribution in [1.82, 2.24) is 25.1 Å². The standard InChI is InChI=1S/C32H32N6/c1-7-9-26(23-10-8-13-33-17-23)27-16-30(35-20(27)2)31-28-15-22(11-12-29(28)37-38-31)24-14-25(19-34-18-24)36-21(3)32(4,5)6/h7-19,35-36H,1,3H2,2,4-6H3,(H,37,38)/b26-9-. The first kappa shape index (κ1) is 25.0. The lowest BCUT2D eigenvalue weighted by atomic mass is 9.93. The Bertz CT molecular complexity index is 1660. The molecule has 4 aromatic heterocycles. The van der Waals surface area contributed by atoms with Crippen LogP contribution < -0.4 is 5.32 Å². The fourth-order valence-corrected chi connectivity index (χ4v) is 4.37. The van der Waals surface area contributed by atoms with Gasteiger partial charge in [0.15, 0.2) is 0 Å². The predicted molar refractivity (Wildman–Crippen MR) is 158 cm³/mol. The van der Waals surface area contributed by atoms with Gasteiger partial charge in [0.2, 0.25) is 0 Å². The van der Waals surface area contributed by atoms with E-state index >= 15 is 0 Å². The molecule has 0 fully saturated rings. The van der Waals surface area contributed by atoms with Gasteiger partial charge in [0.1, 0.15) is 5.69 Å². The molecule has 0 spiro atoms. The SMILES string of the molecule is C=C/C=C(/c1cccnc1)c1cc(-c2n[nH]c3ccc(-c4cncc(NC(=C)C(C)(C)C)c4)cc23)[nH]c1C. The van der Waals surface area contributed by atoms with E-state index in [1.807, 2.05) is 30.7 Å². The lowest BCUT2D eigenvalue weighted by Gasteiger charge is -2.23. The Morgan fingerprint density at radius 3 is 2.58 bits per heavy atom. The van der Waals surface area contributed by atoms with E-state index in [2.05, 4.69) is 108 Å². The van der Waals surface area contributed by atoms with Crippen LogP contribution in [0.4, 0.5) is 5.69 Å². The van der Waals surface area contributed by atoms with Crippen LogP contribution in [0.3, 0.4) is 0 Å². The van der Waals surface area contributed by atoms with Crippen LogP contribution in [-0.4, -0.2) is 25.1 Å². The zero-order valence-electron chi connectivity index (χ0n) is 22.3. The van der Waals surface area contributed by atoms with E-state index in [9.17, 15) is 0 Å². The highest BCUT2D eigenvalue weighted by Crippen LogP contribution is 2.35. The molecule has 0 unspecified atom stereocenters. The summed E-state index contributed by atoms with van der Waals surface area (Å²) in [6, 6.07) is 14.5. The number of hydrogen-bond donors (Lipinski definition) is 3. The quantitative estimate of drug-likeness (QED) is 0.198. The average molecular weight is 501 g/mol. The smallest absolute Gasteiger partial charge is 0.116 e. The number of aromatic nitrogens is 5. The number of aryl methyl sites for hydroxylation is 1. The molecule has 0 amide bonds. The van der Waals surface area contributed by atoms with Crippen LogP contribution in [0, 0.1) is 12.3 Å². The van der Waals surface area contributed by atoms with E-state index in [-0.39, 0.29) is 5.41 Å². The second-order valence-corrected chi connectivity index (χ2v) is 10.4. The summed E-state index contributed by atoms with van der Waals surface area (Å²) >= 11 is 0. The fraction of sp³-hybridized carbons (Fsp3) is 0.156. The number of aromatic amines is 2. The minimum Gasteiger partial charge on any atom is -0.358 e. The molecule has 6 heteroatoms. The predicted octanol–water partition coefficient (Wildman–Crippen LogP) is 7.91. The third-order valence-electron chi connectivity index (χ3n) is 6.65. The van der Waals surface area contributed by atoms with E-state index in [1.165, 1.54) is 0 Å². The number of rotatable bonds is 7. The van der Waals surface area contributed by atoms with E-state index < -0.39 is 0 Å². The Morgan fingerprint density at radius 2 is 1.84 bits per heavy atom. The minimum absolute atomic E-state index is 0.0502. The maximum Gasteiger partial charge on any atom is 0.116 e. The highest BCUT2D eigenvalue weighted by atomic mass is 15.1. The molecule has 38 heavy (non-hydrogen) atoms. The second kappa shape index (κ2) is 9.98. The molecule has 0 bridgehead atoms. The molecule has 1 aromatic carbocycles. The van der Waals surface area contributed by atoms with Crippen LogP contribution in [0.5, 0.6) is 0 Å². The van der Waals surface area contributed by atoms with Crippen molar-refractivity contribution >= 4 is 22.2 Å². The van der Waals surface area contributed by atoms with Gasteiger partial charge < -0.3 is 10.3 Å². The minimum atomic E-state index is -0.0502. The van der Waals surface area contributed by atoms with Crippen LogP contribution >= 0.6 is 0 Å². The Labute approximate surface area is 223 Å². The van der Waals surface area contributed by atoms with Crippen molar-refractivity contribution in [2.45, 2.75) is 27.7 Å². The first-order valence-electron chi connectivity index (χ1n) is 12.6. The first-order chi connectivity index (χ1) is 18.2. The van der Waals surface area contributed by atoms with E-state index in [0.29, 0.717) is 0 Å². The van der Waals surface area contributed by atoms with Gasteiger partial charge in [0, 0.05) is 57.5 Å². The van der Waals surface area contributed by atoms with Gasteiger partial charge in [0.25, 0.3) is 0 Å². The lowest BCUT2D eigenvalue weighted by molar-refractivity contribution is 0.509. The Morgan fingerprint density at radius 1 is 1.00 bits per heavy atom. The van der Waals surface area contributed by atoms with E-state index in [4.69, 9.17) is 0 Å². The number of hydrogen-bond acceptors (Lipinski definition) is 4. The van der Waals surface area contributed by atoms with Gasteiger partial charge in [-0.15, -0.1) is 0 Å². The molecular formula is C32H32N6. The van der Waals surface area contributed by atoms with Gasteiger partial charge in [-0.3, -0.25) is 15.1 Å². The van der Waals surface area contributed by atoms with Crippen molar-refractivity contribution in [2.75, 3.05) is 5.32 Å². The van der Waals surface area contributed by atoms with Crippen LogP contribution in [0.15, 0.2) is 98.3 Å². The van der Waals surface area contributed by atoms with Gasteiger partial charge in [0.05, 0.1) is 23.1 Å². The van der Waals surface area contributed by atoms with Crippen molar-refractivity contribution < 1.29 is 0 Å². The molecule has 0 saturated carbocycles. The highest BCUT2D eigenvalue weighted by molar-refractivity contribution is 5.96. The van der Waals surface area contributed by atoms with Gasteiger partial charge in [-0.2, -0.15) is 5.10 Å². The monoisotopic (exact) mass is 500 g/mol. The summed E-state index contributed by atoms with van der Waals surface area (Å²) in [5, 5.41) is 12.3. The topological polar surface area (TPSA) is 82.3 Å². The normalized spacial score (nSPS) is 12.1. The summed E-state index contributed by atoms with van der Waals surface area (Å²) in [6.07, 6.45) is 11.2. The molecule has 3 N–H and O–H groups in total. The van der Waals surface area contributed by atoms with Crippen molar-refractivity contribution in [3.05, 3.63) is 115 Å². The number of allylic oxidation sites excluding steroid dienone is 3. The maximum atomic E-state index is 4.67. The van der Waals surface area contributed by atoms with Crippen LogP contribution in [0.2, 0.25) is 0 Å². The third-order valence-corrected chi connectivity index (χ3v) is 6.65. The van der Waals surface area contributed by atoms with Gasteiger partial charge in [-0.05, 0) is 48.4 Å². The van der Waals surface area contributed by atoms with Crippen molar-refractivity contribution in [3.8, 4) is 22.5 Å². The van der Waals surface area contributed by atoms with Gasteiger partial charge >= 0.3 is 0 Å². The first-order valence-corrected chi connectivity index (χ1v) is 12.6. The summed E-state index contributed by atoms with van der Waals surface area (Å²) in [7, 11) is 0. The van der Waals surface area contributed by atoms with Gasteiger partial charge in [-0.1, -0.05) is 58.2 Å². The molecular weight excluding hydrogens is 468 g/mol. The Balaban J connectivity index is 1.53. The molecule has 0 aliphatic rings. The van der Waals surface area contributed by atoms with Crippen molar-refractivity contribution in [3.63, 3.8) is 0 Å². The second-order valence-electron chi connectivity index (χ2n) is 10.4. The number of nitrogens with one attached hydrogen (secondary N) is 3. The van der Waals surface area contributed by atoms with Crippen LogP contribution in [-0.2, 0) is 0 Å². The lowest BCUT2D eigenvalue weighted by Crippen LogP contribution is -2.15. The number of benzene rings is 1. The summed E-state index contributed by atoms with van der Waals surface area (Å²) in [5.41, 5.74) is 10.9. The number of nitrogens with zero attached hydrogens (tertiary/aromatic N) is 3. The molecule has 0 atom stereocenters. The summed E-state index contributed by atoms with van der Waals surface area (Å²) in [5.74, 6) is 0. The largest absolute Gasteiger partial charge is 0.358 e. The fourth-order valence-electron chi connectivity index (χ4n) is 4.37. The number of fused-ring (bicyclic) bond motifs is 1. The van der Waals surface area contributed by atoms with Crippen LogP contribution in [0.25, 0.3) is 39.0 Å². The molecule has 0 saturated heterocycles. The summed E-state index contributed by atoms with van der Waals surface area (Å²) in [4.78, 5) is 12.3. The summed E-state index contributed by atoms with van der Waals surface area (Å²) < 4.78 is 0. The van der Waals surface area contributed by atoms with Gasteiger partial charge in [-0.25, -0.2) is 0 Å². The third kappa shape index (κ3) is 4.93. The van der Waals surface area contributed by atoms with E-state index in [0.717, 1.165) is 67.2 Å². The zero-order chi connectivity index (χ0) is 26.9. The number of H-pyrrole nitrogens is 2. The molecule has 5 aromatic rings. The van der Waals surface area contributed by atoms with Crippen molar-refractivity contribution in [2.24, 2.45) is 5.41 Å². The molecule has 0 aliphatic carbocycles. The Hall–Kier alpha value is -4.71. The molecule has 0 aliphatic heterocycles. The molecule has 5 rings (SSSR count). The number of pyridine rings is 2. The Kier molecular flexibility index (Phi) is 6.55. The molecule has 4 heterocycles. The van der Waals surface area contributed by atoms with Crippen LogP contribution in [0.1, 0.15) is 37.6 Å². The van der Waals surface area contributed by atoms with Crippen molar-refractivity contribution in [1.29, 1.82) is 0 Å². The highest BCUT2D eigenvalue weighted by Gasteiger charge is 2.17.